The van der Waals surface area contributed by atoms with Crippen LogP contribution in [0.1, 0.15) is 40.0 Å². The maximum absolute atomic E-state index is 11.0. The molecule has 1 aliphatic carbocycles. The smallest absolute Gasteiger partial charge is 0.248 e. The molecule has 0 bridgehead atoms. The van der Waals surface area contributed by atoms with Crippen molar-refractivity contribution in [3.8, 4) is 0 Å². The lowest BCUT2D eigenvalue weighted by atomic mass is 9.77. The summed E-state index contributed by atoms with van der Waals surface area (Å²) in [4.78, 5) is 0. The van der Waals surface area contributed by atoms with Crippen LogP contribution in [-0.4, -0.2) is 63.5 Å². The van der Waals surface area contributed by atoms with Crippen LogP contribution in [0.5, 0.6) is 0 Å². The summed E-state index contributed by atoms with van der Waals surface area (Å²) in [7, 11) is 0. The van der Waals surface area contributed by atoms with Crippen molar-refractivity contribution in [1.29, 1.82) is 0 Å². The molecule has 0 spiro atoms. The van der Waals surface area contributed by atoms with E-state index in [1.54, 1.807) is 6.92 Å². The van der Waals surface area contributed by atoms with Crippen LogP contribution in [0, 0.1) is 5.92 Å². The Bertz CT molecular complexity index is 436. The fourth-order valence-corrected chi connectivity index (χ4v) is 3.99. The van der Waals surface area contributed by atoms with Gasteiger partial charge < -0.3 is 35.3 Å². The van der Waals surface area contributed by atoms with Crippen molar-refractivity contribution >= 4 is 0 Å². The molecule has 7 heteroatoms. The van der Waals surface area contributed by atoms with Gasteiger partial charge in [-0.1, -0.05) is 13.8 Å². The van der Waals surface area contributed by atoms with Crippen molar-refractivity contribution in [2.75, 3.05) is 0 Å². The number of aliphatic hydroxyl groups excluding tert-OH is 1. The third kappa shape index (κ3) is 2.23. The van der Waals surface area contributed by atoms with Crippen LogP contribution in [0.25, 0.3) is 0 Å². The van der Waals surface area contributed by atoms with E-state index in [-0.39, 0.29) is 24.5 Å². The Morgan fingerprint density at radius 3 is 2.55 bits per heavy atom. The van der Waals surface area contributed by atoms with E-state index in [0.29, 0.717) is 12.8 Å². The molecule has 2 aliphatic heterocycles. The van der Waals surface area contributed by atoms with Gasteiger partial charge in [0.15, 0.2) is 0 Å². The van der Waals surface area contributed by atoms with Crippen LogP contribution < -0.4 is 5.73 Å². The molecule has 0 amide bonds. The minimum atomic E-state index is -1.98. The average Bonchev–Trinajstić information content (AvgIpc) is 2.46. The summed E-state index contributed by atoms with van der Waals surface area (Å²) in [5, 5.41) is 32.0. The van der Waals surface area contributed by atoms with E-state index >= 15 is 0 Å². The lowest BCUT2D eigenvalue weighted by Crippen LogP contribution is -2.76. The summed E-state index contributed by atoms with van der Waals surface area (Å²) in [6.07, 6.45) is -1.99. The standard InChI is InChI=1S/C15H27NO6/c1-4-14(18)6-8(3)20-13-15(14,19)22-12-9(21-13)5-7(2)11(17)10(12)16/h7-13,17-19H,4-6,16H2,1-3H3. The maximum Gasteiger partial charge on any atom is 0.248 e. The number of fused-ring (bicyclic) bond motifs is 2. The fourth-order valence-electron chi connectivity index (χ4n) is 3.99. The Hall–Kier alpha value is -0.280. The molecule has 128 valence electrons. The molecule has 22 heavy (non-hydrogen) atoms. The quantitative estimate of drug-likeness (QED) is 0.513. The molecule has 7 nitrogen and oxygen atoms in total. The highest BCUT2D eigenvalue weighted by atomic mass is 16.8. The van der Waals surface area contributed by atoms with Gasteiger partial charge in [0.1, 0.15) is 11.7 Å². The lowest BCUT2D eigenvalue weighted by molar-refractivity contribution is -0.478. The minimum Gasteiger partial charge on any atom is -0.391 e. The predicted octanol–water partition coefficient (Wildman–Crippen LogP) is -0.537. The summed E-state index contributed by atoms with van der Waals surface area (Å²) in [6, 6.07) is -0.681. The first kappa shape index (κ1) is 16.6. The molecule has 5 N–H and O–H groups in total. The molecule has 0 aromatic carbocycles. The summed E-state index contributed by atoms with van der Waals surface area (Å²) in [6.45, 7) is 5.51. The van der Waals surface area contributed by atoms with Crippen molar-refractivity contribution in [1.82, 2.24) is 0 Å². The Morgan fingerprint density at radius 2 is 1.91 bits per heavy atom. The van der Waals surface area contributed by atoms with Crippen LogP contribution in [0.4, 0.5) is 0 Å². The second-order valence-corrected chi connectivity index (χ2v) is 7.10. The van der Waals surface area contributed by atoms with Crippen molar-refractivity contribution in [3.63, 3.8) is 0 Å². The molecule has 3 aliphatic rings. The highest BCUT2D eigenvalue weighted by Crippen LogP contribution is 2.47. The van der Waals surface area contributed by atoms with E-state index in [9.17, 15) is 15.3 Å². The topological polar surface area (TPSA) is 114 Å². The first-order chi connectivity index (χ1) is 10.2. The Labute approximate surface area is 130 Å². The molecule has 0 radical (unpaired) electrons. The number of hydrogen-bond donors (Lipinski definition) is 4. The fraction of sp³-hybridized carbons (Fsp3) is 1.00. The van der Waals surface area contributed by atoms with Gasteiger partial charge in [-0.25, -0.2) is 0 Å². The summed E-state index contributed by atoms with van der Waals surface area (Å²) in [5.41, 5.74) is 4.59. The number of aliphatic hydroxyl groups is 3. The summed E-state index contributed by atoms with van der Waals surface area (Å²) < 4.78 is 17.4. The Kier molecular flexibility index (Phi) is 4.05. The van der Waals surface area contributed by atoms with Gasteiger partial charge in [0.2, 0.25) is 12.1 Å². The first-order valence-corrected chi connectivity index (χ1v) is 8.09. The van der Waals surface area contributed by atoms with Gasteiger partial charge in [-0.05, 0) is 25.7 Å². The normalized spacial score (nSPS) is 58.8. The summed E-state index contributed by atoms with van der Waals surface area (Å²) >= 11 is 0. The van der Waals surface area contributed by atoms with Crippen LogP contribution in [0.3, 0.4) is 0 Å². The molecular weight excluding hydrogens is 290 g/mol. The minimum absolute atomic E-state index is 0.0304. The van der Waals surface area contributed by atoms with Crippen LogP contribution >= 0.6 is 0 Å². The van der Waals surface area contributed by atoms with Gasteiger partial charge in [0, 0.05) is 6.42 Å². The van der Waals surface area contributed by atoms with E-state index in [2.05, 4.69) is 0 Å². The van der Waals surface area contributed by atoms with Gasteiger partial charge in [-0.2, -0.15) is 0 Å². The highest BCUT2D eigenvalue weighted by molar-refractivity contribution is 5.07. The zero-order valence-electron chi connectivity index (χ0n) is 13.3. The zero-order chi connectivity index (χ0) is 16.3. The third-order valence-electron chi connectivity index (χ3n) is 5.49. The lowest BCUT2D eigenvalue weighted by Gasteiger charge is -2.58. The number of rotatable bonds is 1. The van der Waals surface area contributed by atoms with Gasteiger partial charge in [-0.15, -0.1) is 0 Å². The summed E-state index contributed by atoms with van der Waals surface area (Å²) in [5.74, 6) is -2.01. The van der Waals surface area contributed by atoms with Crippen molar-refractivity contribution in [2.24, 2.45) is 11.7 Å². The molecule has 9 atom stereocenters. The van der Waals surface area contributed by atoms with E-state index in [4.69, 9.17) is 19.9 Å². The predicted molar refractivity (Wildman–Crippen MR) is 76.7 cm³/mol. The SMILES string of the molecule is CCC1(O)CC(C)OC2OC3CC(C)C(O)C(N)C3OC21O. The first-order valence-electron chi connectivity index (χ1n) is 8.09. The molecule has 2 saturated heterocycles. The van der Waals surface area contributed by atoms with E-state index < -0.39 is 35.9 Å². The largest absolute Gasteiger partial charge is 0.391 e. The van der Waals surface area contributed by atoms with E-state index in [1.807, 2.05) is 13.8 Å². The molecule has 0 aromatic rings. The van der Waals surface area contributed by atoms with Gasteiger partial charge in [0.05, 0.1) is 24.4 Å². The molecular formula is C15H27NO6. The Morgan fingerprint density at radius 1 is 1.23 bits per heavy atom. The average molecular weight is 317 g/mol. The van der Waals surface area contributed by atoms with E-state index in [0.717, 1.165) is 0 Å². The van der Waals surface area contributed by atoms with Crippen molar-refractivity contribution in [2.45, 2.75) is 88.2 Å². The molecule has 0 aromatic heterocycles. The highest BCUT2D eigenvalue weighted by Gasteiger charge is 2.66. The monoisotopic (exact) mass is 317 g/mol. The van der Waals surface area contributed by atoms with Gasteiger partial charge in [0.25, 0.3) is 0 Å². The number of nitrogens with two attached hydrogens (primary N) is 1. The van der Waals surface area contributed by atoms with Gasteiger partial charge in [-0.3, -0.25) is 0 Å². The second kappa shape index (κ2) is 5.37. The Balaban J connectivity index is 1.91. The van der Waals surface area contributed by atoms with Crippen LogP contribution in [0.15, 0.2) is 0 Å². The van der Waals surface area contributed by atoms with Gasteiger partial charge >= 0.3 is 0 Å². The molecule has 3 fully saturated rings. The maximum atomic E-state index is 11.0. The number of hydrogen-bond acceptors (Lipinski definition) is 7. The number of ether oxygens (including phenoxy) is 3. The third-order valence-corrected chi connectivity index (χ3v) is 5.49. The van der Waals surface area contributed by atoms with Crippen molar-refractivity contribution < 1.29 is 29.5 Å². The molecule has 3 rings (SSSR count). The second-order valence-electron chi connectivity index (χ2n) is 7.10. The van der Waals surface area contributed by atoms with Crippen LogP contribution in [0.2, 0.25) is 0 Å². The van der Waals surface area contributed by atoms with Crippen LogP contribution in [-0.2, 0) is 14.2 Å². The molecule has 9 unspecified atom stereocenters. The van der Waals surface area contributed by atoms with E-state index in [1.165, 1.54) is 0 Å². The molecule has 2 heterocycles. The molecule has 1 saturated carbocycles. The zero-order valence-corrected chi connectivity index (χ0v) is 13.3. The van der Waals surface area contributed by atoms with Crippen molar-refractivity contribution in [3.05, 3.63) is 0 Å².